The zero-order chi connectivity index (χ0) is 24.4. The highest BCUT2D eigenvalue weighted by atomic mass is 35.5. The lowest BCUT2D eigenvalue weighted by molar-refractivity contribution is -0.132. The molecule has 1 fully saturated rings. The van der Waals surface area contributed by atoms with Gasteiger partial charge in [-0.2, -0.15) is 0 Å². The highest BCUT2D eigenvalue weighted by molar-refractivity contribution is 6.51. The summed E-state index contributed by atoms with van der Waals surface area (Å²) in [6.07, 6.45) is 0. The van der Waals surface area contributed by atoms with Crippen LogP contribution < -0.4 is 14.4 Å². The third-order valence-corrected chi connectivity index (χ3v) is 5.70. The van der Waals surface area contributed by atoms with Crippen LogP contribution in [-0.4, -0.2) is 35.6 Å². The van der Waals surface area contributed by atoms with Crippen LogP contribution >= 0.6 is 11.6 Å². The number of carbonyl (C=O) groups is 2. The maximum atomic E-state index is 13.2. The molecule has 1 heterocycles. The van der Waals surface area contributed by atoms with E-state index in [0.717, 1.165) is 0 Å². The van der Waals surface area contributed by atoms with Gasteiger partial charge in [0, 0.05) is 16.3 Å². The molecule has 0 radical (unpaired) electrons. The zero-order valence-electron chi connectivity index (χ0n) is 18.5. The van der Waals surface area contributed by atoms with Crippen molar-refractivity contribution in [2.24, 2.45) is 0 Å². The number of aliphatic hydroxyl groups excluding tert-OH is 1. The lowest BCUT2D eigenvalue weighted by Crippen LogP contribution is -2.29. The number of methoxy groups -OCH3 is 1. The highest BCUT2D eigenvalue weighted by Gasteiger charge is 2.47. The Morgan fingerprint density at radius 3 is 2.50 bits per heavy atom. The van der Waals surface area contributed by atoms with Gasteiger partial charge in [0.25, 0.3) is 11.7 Å². The minimum absolute atomic E-state index is 0.122. The SMILES string of the molecule is CCOc1cccc(/C(O)=C2/C(=O)C(=O)N(c3cccc(Cl)c3)C2c2ccc(OC)c(O)c2)c1. The fraction of sp³-hybridized carbons (Fsp3) is 0.154. The first-order valence-electron chi connectivity index (χ1n) is 10.5. The molecule has 1 atom stereocenters. The van der Waals surface area contributed by atoms with Gasteiger partial charge in [-0.3, -0.25) is 14.5 Å². The van der Waals surface area contributed by atoms with E-state index in [2.05, 4.69) is 0 Å². The molecule has 0 bridgehead atoms. The van der Waals surface area contributed by atoms with Crippen LogP contribution in [0.3, 0.4) is 0 Å². The maximum absolute atomic E-state index is 13.2. The molecule has 1 unspecified atom stereocenters. The number of aromatic hydroxyl groups is 1. The van der Waals surface area contributed by atoms with E-state index in [9.17, 15) is 19.8 Å². The number of aliphatic hydroxyl groups is 1. The molecule has 2 N–H and O–H groups in total. The summed E-state index contributed by atoms with van der Waals surface area (Å²) >= 11 is 6.15. The second kappa shape index (κ2) is 9.49. The summed E-state index contributed by atoms with van der Waals surface area (Å²) in [7, 11) is 1.41. The van der Waals surface area contributed by atoms with Gasteiger partial charge in [0.15, 0.2) is 11.5 Å². The Kier molecular flexibility index (Phi) is 6.47. The number of nitrogens with zero attached hydrogens (tertiary/aromatic N) is 1. The molecule has 1 amide bonds. The standard InChI is InChI=1S/C26H22ClNO6/c1-3-34-19-9-4-6-16(12-19)24(30)22-23(15-10-11-21(33-2)20(29)13-15)28(26(32)25(22)31)18-8-5-7-17(27)14-18/h4-14,23,29-30H,3H2,1-2H3/b24-22-. The van der Waals surface area contributed by atoms with Crippen molar-refractivity contribution in [2.75, 3.05) is 18.6 Å². The Labute approximate surface area is 201 Å². The van der Waals surface area contributed by atoms with Crippen LogP contribution in [0.5, 0.6) is 17.2 Å². The maximum Gasteiger partial charge on any atom is 0.300 e. The number of phenolic OH excluding ortho intramolecular Hbond substituents is 1. The summed E-state index contributed by atoms with van der Waals surface area (Å²) in [6.45, 7) is 2.26. The minimum Gasteiger partial charge on any atom is -0.507 e. The molecule has 1 saturated heterocycles. The number of ketones is 1. The fourth-order valence-corrected chi connectivity index (χ4v) is 4.16. The second-order valence-electron chi connectivity index (χ2n) is 7.54. The van der Waals surface area contributed by atoms with Crippen molar-refractivity contribution < 1.29 is 29.3 Å². The number of hydrogen-bond acceptors (Lipinski definition) is 6. The molecular formula is C26H22ClNO6. The zero-order valence-corrected chi connectivity index (χ0v) is 19.2. The van der Waals surface area contributed by atoms with Crippen LogP contribution in [0.1, 0.15) is 24.1 Å². The van der Waals surface area contributed by atoms with Gasteiger partial charge in [0.2, 0.25) is 0 Å². The number of hydrogen-bond donors (Lipinski definition) is 2. The Balaban J connectivity index is 1.94. The molecule has 7 nitrogen and oxygen atoms in total. The molecule has 8 heteroatoms. The quantitative estimate of drug-likeness (QED) is 0.291. The van der Waals surface area contributed by atoms with Crippen LogP contribution in [0.25, 0.3) is 5.76 Å². The van der Waals surface area contributed by atoms with Gasteiger partial charge in [-0.05, 0) is 55.0 Å². The van der Waals surface area contributed by atoms with Crippen LogP contribution in [0.4, 0.5) is 5.69 Å². The Morgan fingerprint density at radius 1 is 1.06 bits per heavy atom. The molecule has 1 aliphatic heterocycles. The summed E-state index contributed by atoms with van der Waals surface area (Å²) in [6, 6.07) is 16.6. The molecular weight excluding hydrogens is 458 g/mol. The van der Waals surface area contributed by atoms with Gasteiger partial charge >= 0.3 is 0 Å². The Morgan fingerprint density at radius 2 is 1.82 bits per heavy atom. The molecule has 0 aromatic heterocycles. The number of halogens is 1. The van der Waals surface area contributed by atoms with Crippen LogP contribution in [0, 0.1) is 0 Å². The molecule has 34 heavy (non-hydrogen) atoms. The molecule has 1 aliphatic rings. The number of carbonyl (C=O) groups excluding carboxylic acids is 2. The number of phenols is 1. The first-order valence-corrected chi connectivity index (χ1v) is 10.9. The van der Waals surface area contributed by atoms with Crippen molar-refractivity contribution in [3.05, 3.63) is 88.5 Å². The topological polar surface area (TPSA) is 96.3 Å². The lowest BCUT2D eigenvalue weighted by Gasteiger charge is -2.26. The molecule has 3 aromatic carbocycles. The van der Waals surface area contributed by atoms with Crippen molar-refractivity contribution in [1.29, 1.82) is 0 Å². The molecule has 4 rings (SSSR count). The number of benzene rings is 3. The summed E-state index contributed by atoms with van der Waals surface area (Å²) in [5.41, 5.74) is 0.970. The van der Waals surface area contributed by atoms with Crippen LogP contribution in [0.2, 0.25) is 5.02 Å². The fourth-order valence-electron chi connectivity index (χ4n) is 3.97. The smallest absolute Gasteiger partial charge is 0.300 e. The van der Waals surface area contributed by atoms with Gasteiger partial charge in [-0.25, -0.2) is 0 Å². The monoisotopic (exact) mass is 479 g/mol. The van der Waals surface area contributed by atoms with Gasteiger partial charge < -0.3 is 19.7 Å². The minimum atomic E-state index is -1.02. The molecule has 0 spiro atoms. The van der Waals surface area contributed by atoms with Gasteiger partial charge in [0.05, 0.1) is 25.3 Å². The number of rotatable bonds is 6. The van der Waals surface area contributed by atoms with Crippen molar-refractivity contribution in [1.82, 2.24) is 0 Å². The molecule has 0 aliphatic carbocycles. The normalized spacial score (nSPS) is 17.1. The second-order valence-corrected chi connectivity index (χ2v) is 7.98. The molecule has 0 saturated carbocycles. The van der Waals surface area contributed by atoms with Gasteiger partial charge in [-0.1, -0.05) is 35.9 Å². The number of amides is 1. The van der Waals surface area contributed by atoms with Crippen molar-refractivity contribution in [3.8, 4) is 17.2 Å². The van der Waals surface area contributed by atoms with E-state index in [-0.39, 0.29) is 22.8 Å². The largest absolute Gasteiger partial charge is 0.507 e. The van der Waals surface area contributed by atoms with E-state index >= 15 is 0 Å². The summed E-state index contributed by atoms with van der Waals surface area (Å²) in [5, 5.41) is 22.0. The van der Waals surface area contributed by atoms with Crippen molar-refractivity contribution in [3.63, 3.8) is 0 Å². The van der Waals surface area contributed by atoms with Crippen LogP contribution in [0.15, 0.2) is 72.3 Å². The molecule has 3 aromatic rings. The highest BCUT2D eigenvalue weighted by Crippen LogP contribution is 2.44. The van der Waals surface area contributed by atoms with E-state index in [4.69, 9.17) is 21.1 Å². The van der Waals surface area contributed by atoms with E-state index in [1.54, 1.807) is 54.6 Å². The van der Waals surface area contributed by atoms with Crippen molar-refractivity contribution >= 4 is 34.7 Å². The number of anilines is 1. The van der Waals surface area contributed by atoms with E-state index in [0.29, 0.717) is 34.2 Å². The van der Waals surface area contributed by atoms with E-state index < -0.39 is 17.7 Å². The summed E-state index contributed by atoms with van der Waals surface area (Å²) in [5.74, 6) is -1.48. The van der Waals surface area contributed by atoms with E-state index in [1.165, 1.54) is 24.1 Å². The number of Topliss-reactive ketones (excluding diaryl/α,β-unsaturated/α-hetero) is 1. The average molecular weight is 480 g/mol. The van der Waals surface area contributed by atoms with E-state index in [1.807, 2.05) is 6.92 Å². The predicted octanol–water partition coefficient (Wildman–Crippen LogP) is 5.08. The summed E-state index contributed by atoms with van der Waals surface area (Å²) < 4.78 is 10.6. The Hall–Kier alpha value is -3.97. The third-order valence-electron chi connectivity index (χ3n) is 5.47. The molecule has 174 valence electrons. The summed E-state index contributed by atoms with van der Waals surface area (Å²) in [4.78, 5) is 27.7. The Bertz CT molecular complexity index is 1300. The predicted molar refractivity (Wildman–Crippen MR) is 129 cm³/mol. The average Bonchev–Trinajstić information content (AvgIpc) is 3.09. The third kappa shape index (κ3) is 4.18. The van der Waals surface area contributed by atoms with Gasteiger partial charge in [0.1, 0.15) is 11.5 Å². The van der Waals surface area contributed by atoms with Crippen LogP contribution in [-0.2, 0) is 9.59 Å². The first-order chi connectivity index (χ1) is 16.3. The van der Waals surface area contributed by atoms with Crippen molar-refractivity contribution in [2.45, 2.75) is 13.0 Å². The lowest BCUT2D eigenvalue weighted by atomic mass is 9.94. The number of ether oxygens (including phenoxy) is 2. The first kappa shape index (κ1) is 23.2. The van der Waals surface area contributed by atoms with Gasteiger partial charge in [-0.15, -0.1) is 0 Å².